The van der Waals surface area contributed by atoms with Crippen LogP contribution in [-0.2, 0) is 0 Å². The average Bonchev–Trinajstić information content (AvgIpc) is 2.24. The van der Waals surface area contributed by atoms with Crippen molar-refractivity contribution in [2.75, 3.05) is 45.8 Å². The van der Waals surface area contributed by atoms with Gasteiger partial charge in [-0.25, -0.2) is 0 Å². The third-order valence-corrected chi connectivity index (χ3v) is 3.41. The fraction of sp³-hybridized carbons (Fsp3) is 1.00. The van der Waals surface area contributed by atoms with Gasteiger partial charge < -0.3 is 5.32 Å². The lowest BCUT2D eigenvalue weighted by atomic mass is 10.2. The van der Waals surface area contributed by atoms with E-state index >= 15 is 0 Å². The second-order valence-corrected chi connectivity index (χ2v) is 5.38. The van der Waals surface area contributed by atoms with Gasteiger partial charge in [-0.2, -0.15) is 0 Å². The van der Waals surface area contributed by atoms with Crippen LogP contribution in [0.25, 0.3) is 0 Å². The molecule has 0 saturated carbocycles. The summed E-state index contributed by atoms with van der Waals surface area (Å²) in [5.74, 6) is 0.760. The SMILES string of the molecule is CCN1CCN(CCNCC(C)C)CC1C. The Balaban J connectivity index is 2.10. The first-order chi connectivity index (χ1) is 7.63. The zero-order chi connectivity index (χ0) is 12.0. The lowest BCUT2D eigenvalue weighted by molar-refractivity contribution is 0.0886. The third kappa shape index (κ3) is 4.81. The molecule has 1 aliphatic rings. The van der Waals surface area contributed by atoms with Crippen molar-refractivity contribution < 1.29 is 0 Å². The van der Waals surface area contributed by atoms with E-state index in [4.69, 9.17) is 0 Å². The Morgan fingerprint density at radius 3 is 2.62 bits per heavy atom. The molecule has 0 radical (unpaired) electrons. The highest BCUT2D eigenvalue weighted by atomic mass is 15.3. The monoisotopic (exact) mass is 227 g/mol. The van der Waals surface area contributed by atoms with Crippen LogP contribution in [0.3, 0.4) is 0 Å². The van der Waals surface area contributed by atoms with Crippen molar-refractivity contribution in [1.82, 2.24) is 15.1 Å². The second-order valence-electron chi connectivity index (χ2n) is 5.38. The van der Waals surface area contributed by atoms with Gasteiger partial charge in [0, 0.05) is 38.8 Å². The first-order valence-corrected chi connectivity index (χ1v) is 6.80. The summed E-state index contributed by atoms with van der Waals surface area (Å²) in [6.07, 6.45) is 0. The topological polar surface area (TPSA) is 18.5 Å². The van der Waals surface area contributed by atoms with Gasteiger partial charge >= 0.3 is 0 Å². The first kappa shape index (κ1) is 13.9. The molecule has 1 atom stereocenters. The molecule has 0 aliphatic carbocycles. The van der Waals surface area contributed by atoms with E-state index in [0.29, 0.717) is 0 Å². The number of rotatable bonds is 6. The predicted molar refractivity (Wildman–Crippen MR) is 70.9 cm³/mol. The van der Waals surface area contributed by atoms with Crippen LogP contribution in [0.5, 0.6) is 0 Å². The Labute approximate surface area is 101 Å². The molecule has 16 heavy (non-hydrogen) atoms. The number of likely N-dealkylation sites (N-methyl/N-ethyl adjacent to an activating group) is 1. The molecule has 0 aromatic rings. The van der Waals surface area contributed by atoms with Gasteiger partial charge in [0.05, 0.1) is 0 Å². The highest BCUT2D eigenvalue weighted by molar-refractivity contribution is 4.78. The maximum Gasteiger partial charge on any atom is 0.0195 e. The van der Waals surface area contributed by atoms with Crippen LogP contribution in [0.2, 0.25) is 0 Å². The summed E-state index contributed by atoms with van der Waals surface area (Å²) in [6, 6.07) is 0.726. The van der Waals surface area contributed by atoms with Crippen LogP contribution in [-0.4, -0.2) is 61.7 Å². The van der Waals surface area contributed by atoms with Crippen LogP contribution < -0.4 is 5.32 Å². The fourth-order valence-electron chi connectivity index (χ4n) is 2.37. The van der Waals surface area contributed by atoms with Gasteiger partial charge in [0.1, 0.15) is 0 Å². The van der Waals surface area contributed by atoms with Crippen molar-refractivity contribution in [2.45, 2.75) is 33.7 Å². The molecule has 3 heteroatoms. The number of nitrogens with zero attached hydrogens (tertiary/aromatic N) is 2. The molecule has 1 N–H and O–H groups in total. The molecule has 3 nitrogen and oxygen atoms in total. The van der Waals surface area contributed by atoms with Gasteiger partial charge in [-0.05, 0) is 25.9 Å². The Kier molecular flexibility index (Phi) is 6.32. The molecule has 0 spiro atoms. The van der Waals surface area contributed by atoms with Crippen molar-refractivity contribution in [3.05, 3.63) is 0 Å². The van der Waals surface area contributed by atoms with Gasteiger partial charge in [0.25, 0.3) is 0 Å². The molecule has 1 saturated heterocycles. The second kappa shape index (κ2) is 7.25. The lowest BCUT2D eigenvalue weighted by Crippen LogP contribution is -2.52. The zero-order valence-electron chi connectivity index (χ0n) is 11.5. The van der Waals surface area contributed by atoms with E-state index in [1.165, 1.54) is 32.7 Å². The van der Waals surface area contributed by atoms with Crippen LogP contribution >= 0.6 is 0 Å². The fourth-order valence-corrected chi connectivity index (χ4v) is 2.37. The minimum Gasteiger partial charge on any atom is -0.315 e. The number of nitrogens with one attached hydrogen (secondary N) is 1. The molecule has 1 aliphatic heterocycles. The Morgan fingerprint density at radius 2 is 2.06 bits per heavy atom. The van der Waals surface area contributed by atoms with E-state index in [1.807, 2.05) is 0 Å². The molecule has 1 rings (SSSR count). The van der Waals surface area contributed by atoms with E-state index in [9.17, 15) is 0 Å². The van der Waals surface area contributed by atoms with Crippen LogP contribution in [0.1, 0.15) is 27.7 Å². The van der Waals surface area contributed by atoms with Crippen LogP contribution in [0.15, 0.2) is 0 Å². The van der Waals surface area contributed by atoms with E-state index in [-0.39, 0.29) is 0 Å². The van der Waals surface area contributed by atoms with Crippen molar-refractivity contribution in [2.24, 2.45) is 5.92 Å². The molecule has 1 unspecified atom stereocenters. The Bertz CT molecular complexity index is 182. The quantitative estimate of drug-likeness (QED) is 0.689. The van der Waals surface area contributed by atoms with Crippen molar-refractivity contribution in [3.63, 3.8) is 0 Å². The third-order valence-electron chi connectivity index (χ3n) is 3.41. The molecule has 1 heterocycles. The summed E-state index contributed by atoms with van der Waals surface area (Å²) in [4.78, 5) is 5.15. The van der Waals surface area contributed by atoms with E-state index < -0.39 is 0 Å². The van der Waals surface area contributed by atoms with E-state index in [0.717, 1.165) is 25.0 Å². The molecule has 0 aromatic heterocycles. The first-order valence-electron chi connectivity index (χ1n) is 6.80. The van der Waals surface area contributed by atoms with Gasteiger partial charge in [0.15, 0.2) is 0 Å². The summed E-state index contributed by atoms with van der Waals surface area (Å²) in [5, 5.41) is 3.52. The van der Waals surface area contributed by atoms with Gasteiger partial charge in [-0.15, -0.1) is 0 Å². The standard InChI is InChI=1S/C13H29N3/c1-5-16-9-8-15(11-13(16)4)7-6-14-10-12(2)3/h12-14H,5-11H2,1-4H3. The number of hydrogen-bond donors (Lipinski definition) is 1. The highest BCUT2D eigenvalue weighted by Gasteiger charge is 2.21. The molecule has 1 fully saturated rings. The number of hydrogen-bond acceptors (Lipinski definition) is 3. The minimum absolute atomic E-state index is 0.726. The maximum absolute atomic E-state index is 3.52. The summed E-state index contributed by atoms with van der Waals surface area (Å²) >= 11 is 0. The summed E-state index contributed by atoms with van der Waals surface area (Å²) in [5.41, 5.74) is 0. The summed E-state index contributed by atoms with van der Waals surface area (Å²) in [6.45, 7) is 17.5. The van der Waals surface area contributed by atoms with Crippen LogP contribution in [0.4, 0.5) is 0 Å². The summed E-state index contributed by atoms with van der Waals surface area (Å²) in [7, 11) is 0. The summed E-state index contributed by atoms with van der Waals surface area (Å²) < 4.78 is 0. The van der Waals surface area contributed by atoms with Crippen molar-refractivity contribution >= 4 is 0 Å². The molecule has 0 aromatic carbocycles. The Hall–Kier alpha value is -0.120. The molecular formula is C13H29N3. The lowest BCUT2D eigenvalue weighted by Gasteiger charge is -2.39. The zero-order valence-corrected chi connectivity index (χ0v) is 11.5. The molecular weight excluding hydrogens is 198 g/mol. The van der Waals surface area contributed by atoms with Gasteiger partial charge in [-0.1, -0.05) is 20.8 Å². The van der Waals surface area contributed by atoms with E-state index in [1.54, 1.807) is 0 Å². The van der Waals surface area contributed by atoms with Gasteiger partial charge in [-0.3, -0.25) is 9.80 Å². The molecule has 96 valence electrons. The highest BCUT2D eigenvalue weighted by Crippen LogP contribution is 2.07. The van der Waals surface area contributed by atoms with Gasteiger partial charge in [0.2, 0.25) is 0 Å². The Morgan fingerprint density at radius 1 is 1.31 bits per heavy atom. The van der Waals surface area contributed by atoms with Crippen LogP contribution in [0, 0.1) is 5.92 Å². The normalized spacial score (nSPS) is 24.2. The maximum atomic E-state index is 3.52. The molecule has 0 bridgehead atoms. The van der Waals surface area contributed by atoms with Crippen molar-refractivity contribution in [3.8, 4) is 0 Å². The smallest absolute Gasteiger partial charge is 0.0195 e. The molecule has 0 amide bonds. The average molecular weight is 227 g/mol. The predicted octanol–water partition coefficient (Wildman–Crippen LogP) is 1.26. The minimum atomic E-state index is 0.726. The largest absolute Gasteiger partial charge is 0.315 e. The number of piperazine rings is 1. The van der Waals surface area contributed by atoms with Crippen molar-refractivity contribution in [1.29, 1.82) is 0 Å². The van der Waals surface area contributed by atoms with E-state index in [2.05, 4.69) is 42.8 Å².